The van der Waals surface area contributed by atoms with Crippen molar-refractivity contribution in [2.24, 2.45) is 0 Å². The van der Waals surface area contributed by atoms with Crippen LogP contribution in [-0.2, 0) is 24.0 Å². The summed E-state index contributed by atoms with van der Waals surface area (Å²) in [5, 5.41) is 0. The molecular formula is C12H12V. The minimum atomic E-state index is 0. The van der Waals surface area contributed by atoms with E-state index >= 15 is 0 Å². The third-order valence-corrected chi connectivity index (χ3v) is 2.39. The van der Waals surface area contributed by atoms with Gasteiger partial charge in [0.25, 0.3) is 0 Å². The van der Waals surface area contributed by atoms with Crippen molar-refractivity contribution in [3.05, 3.63) is 60.2 Å². The van der Waals surface area contributed by atoms with Gasteiger partial charge in [0.05, 0.1) is 0 Å². The zero-order chi connectivity index (χ0) is 8.44. The molecule has 0 nitrogen and oxygen atoms in total. The third kappa shape index (κ3) is 1.96. The van der Waals surface area contributed by atoms with E-state index in [0.29, 0.717) is 0 Å². The van der Waals surface area contributed by atoms with E-state index in [9.17, 15) is 0 Å². The molecule has 1 aromatic carbocycles. The first-order valence-electron chi connectivity index (χ1n) is 4.24. The average Bonchev–Trinajstić information content (AvgIpc) is 2.55. The van der Waals surface area contributed by atoms with E-state index in [1.54, 1.807) is 0 Å². The molecule has 0 spiro atoms. The fourth-order valence-electron chi connectivity index (χ4n) is 1.56. The first kappa shape index (κ1) is 10.4. The first-order valence-corrected chi connectivity index (χ1v) is 4.24. The molecule has 1 aliphatic rings. The maximum atomic E-state index is 2.22. The quantitative estimate of drug-likeness (QED) is 0.663. The minimum Gasteiger partial charge on any atom is -0.0705 e. The van der Waals surface area contributed by atoms with Crippen molar-refractivity contribution >= 4 is 0 Å². The molecule has 0 saturated heterocycles. The van der Waals surface area contributed by atoms with Crippen molar-refractivity contribution in [1.82, 2.24) is 0 Å². The standard InChI is InChI=1S/C12H12.V/c1-12(9-5-6-10-12)11-7-3-2-4-8-11;/h2-10H,1H3;. The molecule has 0 atom stereocenters. The van der Waals surface area contributed by atoms with Crippen molar-refractivity contribution in [3.8, 4) is 0 Å². The van der Waals surface area contributed by atoms with Gasteiger partial charge in [-0.1, -0.05) is 54.6 Å². The SMILES string of the molecule is CC1(c2ccccc2)C=CC=C1.[V]. The van der Waals surface area contributed by atoms with Gasteiger partial charge in [0, 0.05) is 24.0 Å². The summed E-state index contributed by atoms with van der Waals surface area (Å²) in [6, 6.07) is 10.6. The minimum absolute atomic E-state index is 0. The Kier molecular flexibility index (Phi) is 3.19. The molecule has 1 radical (unpaired) electrons. The van der Waals surface area contributed by atoms with Crippen LogP contribution in [0, 0.1) is 0 Å². The largest absolute Gasteiger partial charge is 0.0705 e. The fraction of sp³-hybridized carbons (Fsp3) is 0.167. The molecule has 0 bridgehead atoms. The first-order chi connectivity index (χ1) is 5.81. The summed E-state index contributed by atoms with van der Waals surface area (Å²) >= 11 is 0. The van der Waals surface area contributed by atoms with Crippen LogP contribution >= 0.6 is 0 Å². The van der Waals surface area contributed by atoms with E-state index in [1.807, 2.05) is 0 Å². The second-order valence-electron chi connectivity index (χ2n) is 3.37. The van der Waals surface area contributed by atoms with Crippen LogP contribution in [0.2, 0.25) is 0 Å². The summed E-state index contributed by atoms with van der Waals surface area (Å²) in [4.78, 5) is 0. The number of hydrogen-bond acceptors (Lipinski definition) is 0. The second-order valence-corrected chi connectivity index (χ2v) is 3.37. The number of allylic oxidation sites excluding steroid dienone is 4. The molecule has 0 fully saturated rings. The molecule has 65 valence electrons. The summed E-state index contributed by atoms with van der Waals surface area (Å²) in [7, 11) is 0. The van der Waals surface area contributed by atoms with E-state index in [2.05, 4.69) is 61.6 Å². The maximum absolute atomic E-state index is 2.22. The summed E-state index contributed by atoms with van der Waals surface area (Å²) < 4.78 is 0. The van der Waals surface area contributed by atoms with Gasteiger partial charge in [0.1, 0.15) is 0 Å². The Hall–Kier alpha value is -0.716. The zero-order valence-electron chi connectivity index (χ0n) is 7.64. The van der Waals surface area contributed by atoms with Crippen LogP contribution in [0.4, 0.5) is 0 Å². The predicted octanol–water partition coefficient (Wildman–Crippen LogP) is 3.07. The summed E-state index contributed by atoms with van der Waals surface area (Å²) in [5.74, 6) is 0. The maximum Gasteiger partial charge on any atom is 0.0289 e. The van der Waals surface area contributed by atoms with E-state index in [0.717, 1.165) is 0 Å². The van der Waals surface area contributed by atoms with Gasteiger partial charge in [-0.05, 0) is 12.5 Å². The molecule has 2 rings (SSSR count). The summed E-state index contributed by atoms with van der Waals surface area (Å²) in [6.45, 7) is 2.22. The predicted molar refractivity (Wildman–Crippen MR) is 52.1 cm³/mol. The van der Waals surface area contributed by atoms with Gasteiger partial charge in [0.15, 0.2) is 0 Å². The van der Waals surface area contributed by atoms with Crippen LogP contribution in [0.5, 0.6) is 0 Å². The average molecular weight is 207 g/mol. The zero-order valence-corrected chi connectivity index (χ0v) is 9.04. The molecule has 1 aromatic rings. The van der Waals surface area contributed by atoms with Gasteiger partial charge in [-0.3, -0.25) is 0 Å². The van der Waals surface area contributed by atoms with Crippen molar-refractivity contribution in [2.45, 2.75) is 12.3 Å². The topological polar surface area (TPSA) is 0 Å². The van der Waals surface area contributed by atoms with Crippen molar-refractivity contribution in [1.29, 1.82) is 0 Å². The molecule has 0 heterocycles. The molecule has 1 aliphatic carbocycles. The molecule has 1 heteroatoms. The molecule has 0 aromatic heterocycles. The van der Waals surface area contributed by atoms with Crippen molar-refractivity contribution < 1.29 is 18.6 Å². The molecule has 0 saturated carbocycles. The van der Waals surface area contributed by atoms with Crippen LogP contribution in [0.15, 0.2) is 54.6 Å². The van der Waals surface area contributed by atoms with Crippen LogP contribution in [-0.4, -0.2) is 0 Å². The van der Waals surface area contributed by atoms with Crippen LogP contribution in [0.1, 0.15) is 12.5 Å². The van der Waals surface area contributed by atoms with Gasteiger partial charge in [-0.25, -0.2) is 0 Å². The molecular weight excluding hydrogens is 195 g/mol. The second kappa shape index (κ2) is 4.00. The van der Waals surface area contributed by atoms with Gasteiger partial charge in [-0.2, -0.15) is 0 Å². The summed E-state index contributed by atoms with van der Waals surface area (Å²) in [5.41, 5.74) is 1.48. The third-order valence-electron chi connectivity index (χ3n) is 2.39. The Bertz CT molecular complexity index is 310. The molecule has 13 heavy (non-hydrogen) atoms. The van der Waals surface area contributed by atoms with Gasteiger partial charge in [-0.15, -0.1) is 0 Å². The molecule has 0 aliphatic heterocycles. The number of rotatable bonds is 1. The van der Waals surface area contributed by atoms with E-state index < -0.39 is 0 Å². The van der Waals surface area contributed by atoms with Gasteiger partial charge < -0.3 is 0 Å². The Morgan fingerprint density at radius 1 is 0.923 bits per heavy atom. The number of benzene rings is 1. The van der Waals surface area contributed by atoms with Gasteiger partial charge in [0.2, 0.25) is 0 Å². The van der Waals surface area contributed by atoms with E-state index in [4.69, 9.17) is 0 Å². The summed E-state index contributed by atoms with van der Waals surface area (Å²) in [6.07, 6.45) is 8.66. The monoisotopic (exact) mass is 207 g/mol. The molecule has 0 amide bonds. The Morgan fingerprint density at radius 2 is 1.46 bits per heavy atom. The van der Waals surface area contributed by atoms with Crippen LogP contribution in [0.25, 0.3) is 0 Å². The smallest absolute Gasteiger partial charge is 0.0289 e. The Balaban J connectivity index is 0.000000845. The van der Waals surface area contributed by atoms with Crippen LogP contribution in [0.3, 0.4) is 0 Å². The van der Waals surface area contributed by atoms with Crippen LogP contribution < -0.4 is 0 Å². The molecule has 0 N–H and O–H groups in total. The molecule has 0 unspecified atom stereocenters. The van der Waals surface area contributed by atoms with E-state index in [1.165, 1.54) is 5.56 Å². The number of hydrogen-bond donors (Lipinski definition) is 0. The Labute approximate surface area is 91.2 Å². The van der Waals surface area contributed by atoms with E-state index in [-0.39, 0.29) is 24.0 Å². The van der Waals surface area contributed by atoms with Gasteiger partial charge >= 0.3 is 0 Å². The fourth-order valence-corrected chi connectivity index (χ4v) is 1.56. The van der Waals surface area contributed by atoms with Crippen molar-refractivity contribution in [3.63, 3.8) is 0 Å². The normalized spacial score (nSPS) is 17.0. The van der Waals surface area contributed by atoms with Crippen molar-refractivity contribution in [2.75, 3.05) is 0 Å². The Morgan fingerprint density at radius 3 is 2.00 bits per heavy atom.